The summed E-state index contributed by atoms with van der Waals surface area (Å²) >= 11 is 0. The van der Waals surface area contributed by atoms with E-state index in [1.165, 1.54) is 32.4 Å². The van der Waals surface area contributed by atoms with Crippen molar-refractivity contribution in [2.24, 2.45) is 0 Å². The predicted octanol–water partition coefficient (Wildman–Crippen LogP) is 2.33. The van der Waals surface area contributed by atoms with Crippen molar-refractivity contribution in [3.63, 3.8) is 0 Å². The Hall–Kier alpha value is -3.04. The molecule has 0 bridgehead atoms. The highest BCUT2D eigenvalue weighted by atomic mass is 32.2. The SMILES string of the molecule is CCn1cc(C(=O)OCc2cccc(S(=O)(=O)N(C)C)c2)c(=O)c2ccc(C)nc21. The second-order valence-electron chi connectivity index (χ2n) is 6.99. The smallest absolute Gasteiger partial charge is 0.344 e. The van der Waals surface area contributed by atoms with Crippen molar-refractivity contribution in [2.45, 2.75) is 31.9 Å². The molecule has 2 aromatic heterocycles. The van der Waals surface area contributed by atoms with Gasteiger partial charge in [0, 0.05) is 32.5 Å². The Kier molecular flexibility index (Phi) is 6.04. The maximum absolute atomic E-state index is 12.8. The van der Waals surface area contributed by atoms with E-state index >= 15 is 0 Å². The standard InChI is InChI=1S/C21H23N3O5S/c1-5-24-12-18(19(25)17-10-9-14(2)22-20(17)24)21(26)29-13-15-7-6-8-16(11-15)30(27,28)23(3)4/h6-12H,5,13H2,1-4H3. The number of benzene rings is 1. The van der Waals surface area contributed by atoms with E-state index in [2.05, 4.69) is 4.98 Å². The third kappa shape index (κ3) is 4.12. The Bertz CT molecular complexity index is 1280. The first-order chi connectivity index (χ1) is 14.1. The van der Waals surface area contributed by atoms with Crippen LogP contribution in [0.5, 0.6) is 0 Å². The minimum absolute atomic E-state index is 0.0907. The molecular weight excluding hydrogens is 406 g/mol. The van der Waals surface area contributed by atoms with E-state index in [0.717, 1.165) is 10.00 Å². The number of hydrogen-bond acceptors (Lipinski definition) is 6. The molecule has 0 radical (unpaired) electrons. The first-order valence-electron chi connectivity index (χ1n) is 9.34. The second-order valence-corrected chi connectivity index (χ2v) is 9.14. The molecule has 9 heteroatoms. The topological polar surface area (TPSA) is 98.6 Å². The zero-order valence-electron chi connectivity index (χ0n) is 17.2. The summed E-state index contributed by atoms with van der Waals surface area (Å²) in [4.78, 5) is 29.9. The third-order valence-electron chi connectivity index (χ3n) is 4.67. The van der Waals surface area contributed by atoms with Crippen molar-refractivity contribution in [2.75, 3.05) is 14.1 Å². The van der Waals surface area contributed by atoms with Gasteiger partial charge in [0.15, 0.2) is 0 Å². The Balaban J connectivity index is 1.89. The number of nitrogens with zero attached hydrogens (tertiary/aromatic N) is 3. The largest absolute Gasteiger partial charge is 0.457 e. The van der Waals surface area contributed by atoms with Crippen LogP contribution in [-0.4, -0.2) is 42.3 Å². The van der Waals surface area contributed by atoms with Crippen molar-refractivity contribution in [3.05, 3.63) is 69.6 Å². The fraction of sp³-hybridized carbons (Fsp3) is 0.286. The number of esters is 1. The van der Waals surface area contributed by atoms with Gasteiger partial charge in [0.25, 0.3) is 0 Å². The van der Waals surface area contributed by atoms with Crippen molar-refractivity contribution in [1.29, 1.82) is 0 Å². The fourth-order valence-electron chi connectivity index (χ4n) is 2.98. The van der Waals surface area contributed by atoms with Gasteiger partial charge in [-0.15, -0.1) is 0 Å². The van der Waals surface area contributed by atoms with Crippen LogP contribution in [0.25, 0.3) is 11.0 Å². The number of fused-ring (bicyclic) bond motifs is 1. The maximum atomic E-state index is 12.8. The molecule has 158 valence electrons. The van der Waals surface area contributed by atoms with E-state index in [0.29, 0.717) is 23.1 Å². The van der Waals surface area contributed by atoms with Gasteiger partial charge in [-0.3, -0.25) is 4.79 Å². The Morgan fingerprint density at radius 3 is 2.60 bits per heavy atom. The van der Waals surface area contributed by atoms with E-state index in [9.17, 15) is 18.0 Å². The molecular formula is C21H23N3O5S. The number of rotatable bonds is 6. The van der Waals surface area contributed by atoms with Gasteiger partial charge in [0.2, 0.25) is 15.5 Å². The third-order valence-corrected chi connectivity index (χ3v) is 6.48. The van der Waals surface area contributed by atoms with E-state index < -0.39 is 21.4 Å². The van der Waals surface area contributed by atoms with Crippen molar-refractivity contribution in [1.82, 2.24) is 13.9 Å². The summed E-state index contributed by atoms with van der Waals surface area (Å²) in [6.45, 7) is 4.08. The van der Waals surface area contributed by atoms with Crippen LogP contribution >= 0.6 is 0 Å². The summed E-state index contributed by atoms with van der Waals surface area (Å²) in [5, 5.41) is 0.343. The summed E-state index contributed by atoms with van der Waals surface area (Å²) in [6, 6.07) is 9.51. The van der Waals surface area contributed by atoms with Gasteiger partial charge in [0.1, 0.15) is 17.8 Å². The zero-order chi connectivity index (χ0) is 22.1. The molecule has 0 saturated heterocycles. The molecule has 3 rings (SSSR count). The molecule has 2 heterocycles. The number of pyridine rings is 2. The molecule has 0 unspecified atom stereocenters. The average Bonchev–Trinajstić information content (AvgIpc) is 2.72. The molecule has 0 aliphatic rings. The molecule has 0 N–H and O–H groups in total. The lowest BCUT2D eigenvalue weighted by molar-refractivity contribution is 0.0470. The van der Waals surface area contributed by atoms with Gasteiger partial charge in [-0.25, -0.2) is 22.5 Å². The Morgan fingerprint density at radius 1 is 1.20 bits per heavy atom. The molecule has 0 amide bonds. The highest BCUT2D eigenvalue weighted by Gasteiger charge is 2.19. The second kappa shape index (κ2) is 8.37. The molecule has 1 aromatic carbocycles. The molecule has 8 nitrogen and oxygen atoms in total. The molecule has 0 spiro atoms. The zero-order valence-corrected chi connectivity index (χ0v) is 18.1. The van der Waals surface area contributed by atoms with Crippen LogP contribution in [0.2, 0.25) is 0 Å². The number of aryl methyl sites for hydroxylation is 2. The van der Waals surface area contributed by atoms with Gasteiger partial charge in [-0.2, -0.15) is 0 Å². The number of carbonyl (C=O) groups is 1. The van der Waals surface area contributed by atoms with Crippen LogP contribution < -0.4 is 5.43 Å². The maximum Gasteiger partial charge on any atom is 0.344 e. The molecule has 0 aliphatic heterocycles. The predicted molar refractivity (Wildman–Crippen MR) is 113 cm³/mol. The van der Waals surface area contributed by atoms with Crippen LogP contribution in [0.3, 0.4) is 0 Å². The molecule has 0 saturated carbocycles. The van der Waals surface area contributed by atoms with Gasteiger partial charge in [-0.1, -0.05) is 12.1 Å². The summed E-state index contributed by atoms with van der Waals surface area (Å²) in [5.41, 5.74) is 1.25. The normalized spacial score (nSPS) is 11.8. The molecule has 0 fully saturated rings. The molecule has 3 aromatic rings. The van der Waals surface area contributed by atoms with Crippen LogP contribution in [-0.2, 0) is 27.9 Å². The summed E-state index contributed by atoms with van der Waals surface area (Å²) < 4.78 is 32.7. The summed E-state index contributed by atoms with van der Waals surface area (Å²) in [5.74, 6) is -0.773. The summed E-state index contributed by atoms with van der Waals surface area (Å²) in [6.07, 6.45) is 1.45. The number of hydrogen-bond donors (Lipinski definition) is 0. The Morgan fingerprint density at radius 2 is 1.93 bits per heavy atom. The number of carbonyl (C=O) groups excluding carboxylic acids is 1. The first-order valence-corrected chi connectivity index (χ1v) is 10.8. The van der Waals surface area contributed by atoms with Gasteiger partial charge in [0.05, 0.1) is 10.3 Å². The molecule has 0 atom stereocenters. The van der Waals surface area contributed by atoms with E-state index in [-0.39, 0.29) is 17.1 Å². The minimum Gasteiger partial charge on any atom is -0.457 e. The van der Waals surface area contributed by atoms with Crippen LogP contribution in [0.4, 0.5) is 0 Å². The summed E-state index contributed by atoms with van der Waals surface area (Å²) in [7, 11) is -0.718. The first kappa shape index (κ1) is 21.7. The van der Waals surface area contributed by atoms with E-state index in [1.807, 2.05) is 13.8 Å². The van der Waals surface area contributed by atoms with Crippen LogP contribution in [0, 0.1) is 6.92 Å². The number of ether oxygens (including phenoxy) is 1. The van der Waals surface area contributed by atoms with E-state index in [1.54, 1.807) is 28.8 Å². The van der Waals surface area contributed by atoms with Crippen molar-refractivity contribution < 1.29 is 17.9 Å². The average molecular weight is 429 g/mol. The highest BCUT2D eigenvalue weighted by molar-refractivity contribution is 7.89. The lowest BCUT2D eigenvalue weighted by Crippen LogP contribution is -2.22. The van der Waals surface area contributed by atoms with Gasteiger partial charge in [-0.05, 0) is 43.7 Å². The van der Waals surface area contributed by atoms with Crippen molar-refractivity contribution in [3.8, 4) is 0 Å². The quantitative estimate of drug-likeness (QED) is 0.558. The monoisotopic (exact) mass is 429 g/mol. The fourth-order valence-corrected chi connectivity index (χ4v) is 3.95. The number of aromatic nitrogens is 2. The molecule has 0 aliphatic carbocycles. The van der Waals surface area contributed by atoms with Crippen molar-refractivity contribution >= 4 is 27.0 Å². The minimum atomic E-state index is -3.60. The number of sulfonamides is 1. The molecule has 30 heavy (non-hydrogen) atoms. The highest BCUT2D eigenvalue weighted by Crippen LogP contribution is 2.16. The van der Waals surface area contributed by atoms with Gasteiger partial charge >= 0.3 is 5.97 Å². The van der Waals surface area contributed by atoms with E-state index in [4.69, 9.17) is 4.74 Å². The Labute approximate surface area is 174 Å². The lowest BCUT2D eigenvalue weighted by atomic mass is 10.2. The van der Waals surface area contributed by atoms with Gasteiger partial charge < -0.3 is 9.30 Å². The lowest BCUT2D eigenvalue weighted by Gasteiger charge is -2.13. The van der Waals surface area contributed by atoms with Crippen LogP contribution in [0.1, 0.15) is 28.5 Å². The van der Waals surface area contributed by atoms with Crippen LogP contribution in [0.15, 0.2) is 52.3 Å².